The van der Waals surface area contributed by atoms with E-state index in [-0.39, 0.29) is 21.9 Å². The minimum atomic E-state index is -0.608. The van der Waals surface area contributed by atoms with E-state index in [4.69, 9.17) is 11.6 Å². The van der Waals surface area contributed by atoms with Crippen LogP contribution in [0.4, 0.5) is 4.39 Å². The summed E-state index contributed by atoms with van der Waals surface area (Å²) < 4.78 is 14.9. The molecule has 3 aliphatic rings. The molecule has 0 amide bonds. The van der Waals surface area contributed by atoms with Crippen LogP contribution in [-0.2, 0) is 17.8 Å². The van der Waals surface area contributed by atoms with Crippen molar-refractivity contribution in [2.45, 2.75) is 51.5 Å². The molecule has 33 heavy (non-hydrogen) atoms. The number of aromatic hydroxyl groups is 1. The zero-order chi connectivity index (χ0) is 23.2. The fraction of sp³-hybridized carbons (Fsp3) is 0.462. The fourth-order valence-corrected chi connectivity index (χ4v) is 6.21. The molecule has 2 aromatic rings. The molecule has 1 aromatic carbocycles. The third-order valence-electron chi connectivity index (χ3n) is 8.10. The second-order valence-corrected chi connectivity index (χ2v) is 10.4. The molecular weight excluding hydrogens is 443 g/mol. The monoisotopic (exact) mass is 470 g/mol. The molecule has 2 N–H and O–H groups in total. The first-order valence-electron chi connectivity index (χ1n) is 11.6. The molecular formula is C26H28ClFN2O3. The quantitative estimate of drug-likeness (QED) is 0.567. The molecule has 0 radical (unpaired) electrons. The van der Waals surface area contributed by atoms with E-state index in [1.165, 1.54) is 12.1 Å². The second kappa shape index (κ2) is 8.41. The Labute approximate surface area is 197 Å². The smallest absolute Gasteiger partial charge is 0.309 e. The molecule has 0 unspecified atom stereocenters. The van der Waals surface area contributed by atoms with Gasteiger partial charge in [-0.3, -0.25) is 14.7 Å². The van der Waals surface area contributed by atoms with Crippen molar-refractivity contribution in [3.8, 4) is 5.75 Å². The van der Waals surface area contributed by atoms with Crippen molar-refractivity contribution in [2.75, 3.05) is 13.1 Å². The molecule has 7 heteroatoms. The van der Waals surface area contributed by atoms with Crippen LogP contribution in [-0.4, -0.2) is 39.2 Å². The lowest BCUT2D eigenvalue weighted by Gasteiger charge is -2.33. The Kier molecular flexibility index (Phi) is 5.69. The van der Waals surface area contributed by atoms with Gasteiger partial charge in [-0.05, 0) is 91.8 Å². The van der Waals surface area contributed by atoms with Gasteiger partial charge in [0.1, 0.15) is 11.6 Å². The molecule has 2 bridgehead atoms. The van der Waals surface area contributed by atoms with Crippen molar-refractivity contribution in [1.82, 2.24) is 9.88 Å². The minimum Gasteiger partial charge on any atom is -0.506 e. The highest BCUT2D eigenvalue weighted by Crippen LogP contribution is 2.63. The molecule has 0 atom stereocenters. The number of halogens is 2. The number of nitrogens with zero attached hydrogens (tertiary/aromatic N) is 2. The number of hydrogen-bond acceptors (Lipinski definition) is 4. The van der Waals surface area contributed by atoms with Gasteiger partial charge in [0, 0.05) is 19.3 Å². The maximum Gasteiger partial charge on any atom is 0.309 e. The van der Waals surface area contributed by atoms with E-state index in [0.29, 0.717) is 5.56 Å². The number of rotatable bonds is 6. The summed E-state index contributed by atoms with van der Waals surface area (Å²) in [5, 5.41) is 19.5. The van der Waals surface area contributed by atoms with Gasteiger partial charge in [0.05, 0.1) is 16.1 Å². The van der Waals surface area contributed by atoms with Crippen LogP contribution in [0.25, 0.3) is 11.9 Å². The van der Waals surface area contributed by atoms with Crippen LogP contribution >= 0.6 is 11.6 Å². The van der Waals surface area contributed by atoms with Crippen LogP contribution in [0.1, 0.15) is 60.9 Å². The van der Waals surface area contributed by atoms with E-state index in [1.54, 1.807) is 18.3 Å². The normalized spacial score (nSPS) is 27.0. The lowest BCUT2D eigenvalue weighted by molar-refractivity contribution is -0.148. The molecule has 2 fully saturated rings. The number of aromatic nitrogens is 1. The van der Waals surface area contributed by atoms with E-state index in [1.807, 2.05) is 6.07 Å². The molecule has 2 saturated carbocycles. The van der Waals surface area contributed by atoms with Crippen LogP contribution in [0, 0.1) is 10.8 Å². The summed E-state index contributed by atoms with van der Waals surface area (Å²) in [6.45, 7) is 2.65. The zero-order valence-corrected chi connectivity index (χ0v) is 19.2. The summed E-state index contributed by atoms with van der Waals surface area (Å²) in [5.74, 6) is -1.18. The molecule has 0 saturated heterocycles. The fourth-order valence-electron chi connectivity index (χ4n) is 6.03. The molecule has 2 heterocycles. The summed E-state index contributed by atoms with van der Waals surface area (Å²) in [4.78, 5) is 18.5. The van der Waals surface area contributed by atoms with Gasteiger partial charge in [-0.2, -0.15) is 0 Å². The Morgan fingerprint density at radius 1 is 1.24 bits per heavy atom. The lowest BCUT2D eigenvalue weighted by Crippen LogP contribution is -2.34. The Morgan fingerprint density at radius 3 is 2.76 bits per heavy atom. The largest absolute Gasteiger partial charge is 0.506 e. The predicted molar refractivity (Wildman–Crippen MR) is 126 cm³/mol. The summed E-state index contributed by atoms with van der Waals surface area (Å²) in [7, 11) is 0. The third kappa shape index (κ3) is 4.15. The van der Waals surface area contributed by atoms with Crippen LogP contribution < -0.4 is 0 Å². The Hall–Kier alpha value is -2.44. The number of phenols is 1. The van der Waals surface area contributed by atoms with Crippen molar-refractivity contribution in [3.63, 3.8) is 0 Å². The maximum absolute atomic E-state index is 14.9. The molecule has 0 spiro atoms. The minimum absolute atomic E-state index is 0.0832. The number of carbonyl (C=O) groups is 1. The topological polar surface area (TPSA) is 73.7 Å². The van der Waals surface area contributed by atoms with Gasteiger partial charge in [-0.15, -0.1) is 0 Å². The summed E-state index contributed by atoms with van der Waals surface area (Å²) in [6.07, 6.45) is 9.47. The molecule has 1 aliphatic heterocycles. The highest BCUT2D eigenvalue weighted by Gasteiger charge is 2.57. The van der Waals surface area contributed by atoms with Crippen LogP contribution in [0.5, 0.6) is 5.75 Å². The van der Waals surface area contributed by atoms with E-state index in [0.717, 1.165) is 75.7 Å². The van der Waals surface area contributed by atoms with Gasteiger partial charge in [0.25, 0.3) is 0 Å². The van der Waals surface area contributed by atoms with Crippen LogP contribution in [0.15, 0.2) is 30.5 Å². The van der Waals surface area contributed by atoms with Crippen molar-refractivity contribution in [3.05, 3.63) is 57.9 Å². The first-order chi connectivity index (χ1) is 15.8. The number of aliphatic carboxylic acids is 1. The highest BCUT2D eigenvalue weighted by molar-refractivity contribution is 6.33. The maximum atomic E-state index is 14.9. The van der Waals surface area contributed by atoms with Crippen molar-refractivity contribution in [2.24, 2.45) is 10.8 Å². The van der Waals surface area contributed by atoms with Gasteiger partial charge < -0.3 is 10.2 Å². The van der Waals surface area contributed by atoms with E-state index in [9.17, 15) is 19.4 Å². The highest BCUT2D eigenvalue weighted by atomic mass is 35.5. The zero-order valence-electron chi connectivity index (χ0n) is 18.5. The first-order valence-corrected chi connectivity index (χ1v) is 12.0. The Morgan fingerprint density at radius 2 is 2.03 bits per heavy atom. The van der Waals surface area contributed by atoms with E-state index >= 15 is 0 Å². The predicted octanol–water partition coefficient (Wildman–Crippen LogP) is 5.69. The molecule has 5 rings (SSSR count). The lowest BCUT2D eigenvalue weighted by atomic mass is 9.80. The van der Waals surface area contributed by atoms with Crippen molar-refractivity contribution < 1.29 is 19.4 Å². The van der Waals surface area contributed by atoms with E-state index in [2.05, 4.69) is 9.88 Å². The number of fused-ring (bicyclic) bond motifs is 3. The third-order valence-corrected chi connectivity index (χ3v) is 8.51. The van der Waals surface area contributed by atoms with Gasteiger partial charge in [0.15, 0.2) is 0 Å². The van der Waals surface area contributed by atoms with Gasteiger partial charge in [0.2, 0.25) is 0 Å². The molecule has 1 aromatic heterocycles. The first kappa shape index (κ1) is 22.4. The number of carboxylic acids is 1. The standard InChI is InChI=1S/C26H28ClFN2O3/c27-23-18(2-1-3-22(23)31)12-20(28)21-13-17-4-10-30(15-19(17)14-29-21)11-9-25-5-7-26(16-25,8-6-25)24(32)33/h1-3,12-14,31H,4-11,15-16H2,(H,32,33)/b20-12-. The average Bonchev–Trinajstić information content (AvgIpc) is 3.39. The average molecular weight is 471 g/mol. The van der Waals surface area contributed by atoms with Crippen molar-refractivity contribution >= 4 is 29.5 Å². The number of hydrogen-bond donors (Lipinski definition) is 2. The molecule has 174 valence electrons. The van der Waals surface area contributed by atoms with Crippen LogP contribution in [0.2, 0.25) is 5.02 Å². The van der Waals surface area contributed by atoms with Crippen molar-refractivity contribution in [1.29, 1.82) is 0 Å². The SMILES string of the molecule is O=C(O)C12CCC(CCN3CCc4cc(/C(F)=C/c5cccc(O)c5Cl)ncc4C3)(CC1)C2. The number of benzene rings is 1. The summed E-state index contributed by atoms with van der Waals surface area (Å²) >= 11 is 6.06. The van der Waals surface area contributed by atoms with Gasteiger partial charge >= 0.3 is 5.97 Å². The van der Waals surface area contributed by atoms with E-state index < -0.39 is 17.2 Å². The summed E-state index contributed by atoms with van der Waals surface area (Å²) in [6, 6.07) is 6.53. The molecule has 5 nitrogen and oxygen atoms in total. The second-order valence-electron chi connectivity index (χ2n) is 10.0. The number of carboxylic acid groups (broad SMARTS) is 1. The molecule has 2 aliphatic carbocycles. The Bertz CT molecular complexity index is 1120. The van der Waals surface area contributed by atoms with Crippen LogP contribution in [0.3, 0.4) is 0 Å². The van der Waals surface area contributed by atoms with Gasteiger partial charge in [-0.25, -0.2) is 4.39 Å². The number of pyridine rings is 1. The summed E-state index contributed by atoms with van der Waals surface area (Å²) in [5.41, 5.74) is 2.62. The van der Waals surface area contributed by atoms with Gasteiger partial charge in [-0.1, -0.05) is 23.7 Å². The Balaban J connectivity index is 1.24. The number of phenolic OH excluding ortho intramolecular Hbond substituents is 1.